The van der Waals surface area contributed by atoms with Crippen LogP contribution in [0, 0.1) is 0 Å². The van der Waals surface area contributed by atoms with E-state index in [9.17, 15) is 9.90 Å². The summed E-state index contributed by atoms with van der Waals surface area (Å²) in [6.45, 7) is 0. The Morgan fingerprint density at radius 3 is 2.67 bits per heavy atom. The van der Waals surface area contributed by atoms with E-state index in [2.05, 4.69) is 4.98 Å². The quantitative estimate of drug-likeness (QED) is 0.627. The zero-order chi connectivity index (χ0) is 11.4. The summed E-state index contributed by atoms with van der Waals surface area (Å²) in [5, 5.41) is 27.0. The zero-order valence-corrected chi connectivity index (χ0v) is 7.99. The first kappa shape index (κ1) is 11.4. The van der Waals surface area contributed by atoms with Crippen molar-refractivity contribution in [3.05, 3.63) is 23.9 Å². The Bertz CT molecular complexity index is 354. The lowest BCUT2D eigenvalue weighted by Gasteiger charge is -2.13. The number of hydrogen-bond donors (Lipinski definition) is 3. The lowest BCUT2D eigenvalue weighted by Crippen LogP contribution is -2.28. The molecule has 82 valence electrons. The minimum atomic E-state index is -1.90. The molecule has 0 bridgehead atoms. The molecule has 0 aliphatic carbocycles. The average molecular weight is 213 g/mol. The Kier molecular flexibility index (Phi) is 3.59. The molecule has 1 aromatic heterocycles. The molecule has 2 unspecified atom stereocenters. The van der Waals surface area contributed by atoms with Crippen LogP contribution in [0.25, 0.3) is 0 Å². The van der Waals surface area contributed by atoms with Crippen LogP contribution in [0.15, 0.2) is 18.2 Å². The number of pyridine rings is 1. The number of carboxylic acid groups (broad SMARTS) is 1. The number of rotatable bonds is 4. The Balaban J connectivity index is 2.90. The van der Waals surface area contributed by atoms with Crippen LogP contribution in [-0.4, -0.2) is 39.5 Å². The van der Waals surface area contributed by atoms with E-state index in [4.69, 9.17) is 14.9 Å². The van der Waals surface area contributed by atoms with Gasteiger partial charge in [-0.25, -0.2) is 9.78 Å². The number of carbonyl (C=O) groups is 1. The molecule has 1 aromatic rings. The Morgan fingerprint density at radius 2 is 2.13 bits per heavy atom. The van der Waals surface area contributed by atoms with E-state index in [1.54, 1.807) is 12.1 Å². The number of aromatic nitrogens is 1. The van der Waals surface area contributed by atoms with Crippen LogP contribution < -0.4 is 4.74 Å². The van der Waals surface area contributed by atoms with Crippen LogP contribution in [0.5, 0.6) is 5.88 Å². The second-order valence-electron chi connectivity index (χ2n) is 2.83. The van der Waals surface area contributed by atoms with E-state index in [-0.39, 0.29) is 11.6 Å². The molecule has 0 aliphatic heterocycles. The Morgan fingerprint density at radius 1 is 1.47 bits per heavy atom. The van der Waals surface area contributed by atoms with Gasteiger partial charge < -0.3 is 20.1 Å². The first-order chi connectivity index (χ1) is 7.06. The summed E-state index contributed by atoms with van der Waals surface area (Å²) < 4.78 is 4.79. The molecule has 0 saturated carbocycles. The number of hydrogen-bond acceptors (Lipinski definition) is 5. The molecule has 0 spiro atoms. The third kappa shape index (κ3) is 2.64. The van der Waals surface area contributed by atoms with Gasteiger partial charge in [0.25, 0.3) is 0 Å². The number of aliphatic hydroxyl groups excluding tert-OH is 2. The molecule has 0 aromatic carbocycles. The highest BCUT2D eigenvalue weighted by atomic mass is 16.5. The third-order valence-electron chi connectivity index (χ3n) is 1.81. The first-order valence-corrected chi connectivity index (χ1v) is 4.16. The smallest absolute Gasteiger partial charge is 0.335 e. The maximum Gasteiger partial charge on any atom is 0.335 e. The van der Waals surface area contributed by atoms with Crippen molar-refractivity contribution in [1.29, 1.82) is 0 Å². The largest absolute Gasteiger partial charge is 0.481 e. The highest BCUT2D eigenvalue weighted by Crippen LogP contribution is 2.17. The van der Waals surface area contributed by atoms with Gasteiger partial charge in [0.15, 0.2) is 6.10 Å². The van der Waals surface area contributed by atoms with Gasteiger partial charge in [-0.1, -0.05) is 6.07 Å². The highest BCUT2D eigenvalue weighted by Gasteiger charge is 2.26. The van der Waals surface area contributed by atoms with Crippen LogP contribution in [0.1, 0.15) is 11.8 Å². The van der Waals surface area contributed by atoms with Gasteiger partial charge in [0.1, 0.15) is 6.10 Å². The van der Waals surface area contributed by atoms with Crippen LogP contribution >= 0.6 is 0 Å². The van der Waals surface area contributed by atoms with Gasteiger partial charge in [0.05, 0.1) is 12.8 Å². The number of ether oxygens (including phenoxy) is 1. The van der Waals surface area contributed by atoms with Crippen molar-refractivity contribution in [3.8, 4) is 5.88 Å². The highest BCUT2D eigenvalue weighted by molar-refractivity contribution is 5.72. The van der Waals surface area contributed by atoms with Crippen LogP contribution in [-0.2, 0) is 4.79 Å². The van der Waals surface area contributed by atoms with Crippen molar-refractivity contribution in [2.75, 3.05) is 7.11 Å². The summed E-state index contributed by atoms with van der Waals surface area (Å²) in [7, 11) is 1.39. The fourth-order valence-corrected chi connectivity index (χ4v) is 1.01. The standard InChI is InChI=1S/C9H11NO5/c1-15-6-4-2-3-5(10-6)7(11)8(12)9(13)14/h2-4,7-8,11-12H,1H3,(H,13,14). The maximum atomic E-state index is 10.4. The molecule has 0 radical (unpaired) electrons. The number of carboxylic acids is 1. The number of nitrogens with zero attached hydrogens (tertiary/aromatic N) is 1. The Labute approximate surface area is 85.8 Å². The van der Waals surface area contributed by atoms with Gasteiger partial charge in [-0.3, -0.25) is 0 Å². The van der Waals surface area contributed by atoms with Gasteiger partial charge in [0.2, 0.25) is 5.88 Å². The molecule has 0 fully saturated rings. The molecule has 15 heavy (non-hydrogen) atoms. The fraction of sp³-hybridized carbons (Fsp3) is 0.333. The minimum Gasteiger partial charge on any atom is -0.481 e. The lowest BCUT2D eigenvalue weighted by atomic mass is 10.1. The number of aliphatic carboxylic acids is 1. The third-order valence-corrected chi connectivity index (χ3v) is 1.81. The molecular formula is C9H11NO5. The normalized spacial score (nSPS) is 14.3. The molecule has 0 amide bonds. The summed E-state index contributed by atoms with van der Waals surface area (Å²) >= 11 is 0. The van der Waals surface area contributed by atoms with Crippen molar-refractivity contribution in [1.82, 2.24) is 4.98 Å². The van der Waals surface area contributed by atoms with E-state index < -0.39 is 18.2 Å². The summed E-state index contributed by atoms with van der Waals surface area (Å²) in [6.07, 6.45) is -3.47. The molecule has 3 N–H and O–H groups in total. The zero-order valence-electron chi connectivity index (χ0n) is 7.99. The summed E-state index contributed by atoms with van der Waals surface area (Å²) in [6, 6.07) is 4.49. The summed E-state index contributed by atoms with van der Waals surface area (Å²) in [5.41, 5.74) is 0.0456. The summed E-state index contributed by atoms with van der Waals surface area (Å²) in [5.74, 6) is -1.27. The molecule has 1 heterocycles. The number of aliphatic hydroxyl groups is 2. The Hall–Kier alpha value is -1.66. The molecule has 2 atom stereocenters. The van der Waals surface area contributed by atoms with Crippen molar-refractivity contribution in [2.45, 2.75) is 12.2 Å². The molecule has 0 saturated heterocycles. The lowest BCUT2D eigenvalue weighted by molar-refractivity contribution is -0.153. The predicted molar refractivity (Wildman–Crippen MR) is 49.4 cm³/mol. The van der Waals surface area contributed by atoms with E-state index in [1.807, 2.05) is 0 Å². The van der Waals surface area contributed by atoms with Crippen LogP contribution in [0.3, 0.4) is 0 Å². The number of methoxy groups -OCH3 is 1. The minimum absolute atomic E-state index is 0.0456. The van der Waals surface area contributed by atoms with Crippen LogP contribution in [0.2, 0.25) is 0 Å². The molecule has 6 nitrogen and oxygen atoms in total. The van der Waals surface area contributed by atoms with Gasteiger partial charge in [-0.15, -0.1) is 0 Å². The summed E-state index contributed by atoms with van der Waals surface area (Å²) in [4.78, 5) is 14.2. The monoisotopic (exact) mass is 213 g/mol. The predicted octanol–water partition coefficient (Wildman–Crippen LogP) is -0.431. The van der Waals surface area contributed by atoms with E-state index in [1.165, 1.54) is 13.2 Å². The molecule has 1 rings (SSSR count). The van der Waals surface area contributed by atoms with E-state index in [0.29, 0.717) is 0 Å². The maximum absolute atomic E-state index is 10.4. The van der Waals surface area contributed by atoms with Gasteiger partial charge in [-0.05, 0) is 6.07 Å². The van der Waals surface area contributed by atoms with E-state index >= 15 is 0 Å². The molecular weight excluding hydrogens is 202 g/mol. The van der Waals surface area contributed by atoms with Crippen molar-refractivity contribution in [3.63, 3.8) is 0 Å². The van der Waals surface area contributed by atoms with Gasteiger partial charge in [0, 0.05) is 6.07 Å². The molecule has 0 aliphatic rings. The topological polar surface area (TPSA) is 99.9 Å². The van der Waals surface area contributed by atoms with Gasteiger partial charge in [-0.2, -0.15) is 0 Å². The second kappa shape index (κ2) is 4.72. The fourth-order valence-electron chi connectivity index (χ4n) is 1.01. The SMILES string of the molecule is COc1cccc(C(O)C(O)C(=O)O)n1. The average Bonchev–Trinajstić information content (AvgIpc) is 2.27. The van der Waals surface area contributed by atoms with E-state index in [0.717, 1.165) is 0 Å². The van der Waals surface area contributed by atoms with Crippen molar-refractivity contribution in [2.24, 2.45) is 0 Å². The molecule has 6 heteroatoms. The van der Waals surface area contributed by atoms with Crippen LogP contribution in [0.4, 0.5) is 0 Å². The van der Waals surface area contributed by atoms with Gasteiger partial charge >= 0.3 is 5.97 Å². The van der Waals surface area contributed by atoms with Crippen molar-refractivity contribution < 1.29 is 24.9 Å². The first-order valence-electron chi connectivity index (χ1n) is 4.16. The second-order valence-corrected chi connectivity index (χ2v) is 2.83. The van der Waals surface area contributed by atoms with Crippen molar-refractivity contribution >= 4 is 5.97 Å².